The third-order valence-corrected chi connectivity index (χ3v) is 8.13. The Bertz CT molecular complexity index is 1510. The minimum atomic E-state index is -0.301. The molecule has 2 amide bonds. The van der Waals surface area contributed by atoms with Crippen molar-refractivity contribution in [2.75, 3.05) is 36.9 Å². The molecule has 7 nitrogen and oxygen atoms in total. The molecule has 41 heavy (non-hydrogen) atoms. The van der Waals surface area contributed by atoms with Crippen molar-refractivity contribution < 1.29 is 9.53 Å². The number of ether oxygens (including phenoxy) is 1. The molecule has 5 rings (SSSR count). The van der Waals surface area contributed by atoms with Crippen LogP contribution in [0.2, 0.25) is 0 Å². The number of benzene rings is 3. The number of hydrogen-bond donors (Lipinski definition) is 2. The van der Waals surface area contributed by atoms with Crippen LogP contribution in [0.5, 0.6) is 0 Å². The van der Waals surface area contributed by atoms with Gasteiger partial charge in [0.1, 0.15) is 5.82 Å². The Morgan fingerprint density at radius 3 is 2.27 bits per heavy atom. The zero-order valence-corrected chi connectivity index (χ0v) is 25.3. The predicted molar refractivity (Wildman–Crippen MR) is 168 cm³/mol. The molecule has 2 heterocycles. The Morgan fingerprint density at radius 2 is 1.59 bits per heavy atom. The first-order valence-corrected chi connectivity index (χ1v) is 14.6. The fourth-order valence-electron chi connectivity index (χ4n) is 5.45. The number of amides is 2. The van der Waals surface area contributed by atoms with Gasteiger partial charge in [-0.1, -0.05) is 68.8 Å². The van der Waals surface area contributed by atoms with Crippen molar-refractivity contribution in [1.82, 2.24) is 14.7 Å². The van der Waals surface area contributed by atoms with Crippen molar-refractivity contribution >= 4 is 28.3 Å². The van der Waals surface area contributed by atoms with Gasteiger partial charge < -0.3 is 10.1 Å². The number of urea groups is 1. The maximum Gasteiger partial charge on any atom is 0.324 e. The van der Waals surface area contributed by atoms with E-state index in [-0.39, 0.29) is 17.0 Å². The molecule has 2 N–H and O–H groups in total. The van der Waals surface area contributed by atoms with Crippen LogP contribution in [0.25, 0.3) is 16.5 Å². The number of aromatic nitrogens is 2. The van der Waals surface area contributed by atoms with E-state index in [1.807, 2.05) is 42.5 Å². The molecule has 216 valence electrons. The van der Waals surface area contributed by atoms with E-state index in [1.165, 1.54) is 16.5 Å². The lowest BCUT2D eigenvalue weighted by Crippen LogP contribution is -2.50. The van der Waals surface area contributed by atoms with Gasteiger partial charge in [0.2, 0.25) is 0 Å². The number of nitrogens with zero attached hydrogens (tertiary/aromatic N) is 3. The van der Waals surface area contributed by atoms with Crippen LogP contribution in [0.4, 0.5) is 16.3 Å². The fourth-order valence-corrected chi connectivity index (χ4v) is 5.45. The summed E-state index contributed by atoms with van der Waals surface area (Å²) in [6.45, 7) is 16.6. The summed E-state index contributed by atoms with van der Waals surface area (Å²) < 4.78 is 7.36. The number of fused-ring (bicyclic) bond motifs is 1. The van der Waals surface area contributed by atoms with E-state index in [1.54, 1.807) is 4.68 Å². The number of hydrogen-bond acceptors (Lipinski definition) is 4. The lowest BCUT2D eigenvalue weighted by atomic mass is 9.90. The van der Waals surface area contributed by atoms with Crippen LogP contribution in [0, 0.1) is 6.92 Å². The highest BCUT2D eigenvalue weighted by atomic mass is 16.5. The van der Waals surface area contributed by atoms with Crippen LogP contribution in [0.15, 0.2) is 66.7 Å². The highest BCUT2D eigenvalue weighted by Crippen LogP contribution is 2.31. The third-order valence-electron chi connectivity index (χ3n) is 8.13. The topological polar surface area (TPSA) is 71.4 Å². The number of morpholine rings is 1. The third kappa shape index (κ3) is 6.63. The van der Waals surface area contributed by atoms with E-state index >= 15 is 0 Å². The van der Waals surface area contributed by atoms with Gasteiger partial charge in [0.15, 0.2) is 0 Å². The van der Waals surface area contributed by atoms with E-state index in [0.717, 1.165) is 61.6 Å². The Kier molecular flexibility index (Phi) is 8.20. The monoisotopic (exact) mass is 553 g/mol. The highest BCUT2D eigenvalue weighted by Gasteiger charge is 2.28. The van der Waals surface area contributed by atoms with Gasteiger partial charge in [-0.3, -0.25) is 10.2 Å². The first-order valence-electron chi connectivity index (χ1n) is 14.6. The number of nitrogens with one attached hydrogen (secondary N) is 2. The van der Waals surface area contributed by atoms with Crippen LogP contribution in [0.3, 0.4) is 0 Å². The molecule has 4 aromatic rings. The van der Waals surface area contributed by atoms with E-state index in [9.17, 15) is 4.79 Å². The number of rotatable bonds is 7. The molecule has 1 aliphatic rings. The van der Waals surface area contributed by atoms with Crippen LogP contribution >= 0.6 is 0 Å². The van der Waals surface area contributed by atoms with E-state index in [0.29, 0.717) is 5.82 Å². The zero-order chi connectivity index (χ0) is 29.2. The summed E-state index contributed by atoms with van der Waals surface area (Å²) in [5.74, 6) is 0.627. The second-order valence-corrected chi connectivity index (χ2v) is 12.7. The summed E-state index contributed by atoms with van der Waals surface area (Å²) in [5, 5.41) is 13.2. The SMILES string of the molecule is Cc1ccc(-n2nc(C(C)(C)C)cc2NC(=O)Nc2ccc(CCC(C)(C)N3CCOCC3)c3ccccc23)cc1. The van der Waals surface area contributed by atoms with Crippen LogP contribution in [-0.2, 0) is 16.6 Å². The highest BCUT2D eigenvalue weighted by molar-refractivity contribution is 6.06. The average Bonchev–Trinajstić information content (AvgIpc) is 3.38. The zero-order valence-electron chi connectivity index (χ0n) is 25.3. The standard InChI is InChI=1S/C34H43N5O2/c1-24-11-14-26(15-12-24)39-31(23-30(37-39)33(2,3)4)36-32(40)35-29-16-13-25(27-9-7-8-10-28(27)29)17-18-34(5,6)38-19-21-41-22-20-38/h7-16,23H,17-22H2,1-6H3,(H2,35,36,40). The molecule has 1 fully saturated rings. The molecule has 0 saturated carbocycles. The normalized spacial score (nSPS) is 14.8. The molecule has 1 aromatic heterocycles. The summed E-state index contributed by atoms with van der Waals surface area (Å²) in [7, 11) is 0. The Labute approximate surface area is 243 Å². The Hall–Kier alpha value is -3.68. The number of carbonyl (C=O) groups excluding carboxylic acids is 1. The smallest absolute Gasteiger partial charge is 0.324 e. The van der Waals surface area contributed by atoms with Crippen molar-refractivity contribution in [2.24, 2.45) is 0 Å². The Balaban J connectivity index is 1.36. The van der Waals surface area contributed by atoms with E-state index < -0.39 is 0 Å². The Morgan fingerprint density at radius 1 is 0.902 bits per heavy atom. The first kappa shape index (κ1) is 28.8. The summed E-state index contributed by atoms with van der Waals surface area (Å²) >= 11 is 0. The first-order chi connectivity index (χ1) is 19.5. The maximum atomic E-state index is 13.4. The van der Waals surface area contributed by atoms with Crippen LogP contribution < -0.4 is 10.6 Å². The second kappa shape index (κ2) is 11.7. The fraction of sp³-hybridized carbons (Fsp3) is 0.412. The van der Waals surface area contributed by atoms with E-state index in [2.05, 4.69) is 81.3 Å². The molecule has 0 radical (unpaired) electrons. The van der Waals surface area contributed by atoms with Crippen molar-refractivity contribution in [3.63, 3.8) is 0 Å². The molecule has 0 aliphatic carbocycles. The molecule has 0 bridgehead atoms. The van der Waals surface area contributed by atoms with Crippen LogP contribution in [0.1, 0.15) is 57.9 Å². The van der Waals surface area contributed by atoms with Crippen molar-refractivity contribution in [3.8, 4) is 5.69 Å². The average molecular weight is 554 g/mol. The van der Waals surface area contributed by atoms with Crippen molar-refractivity contribution in [1.29, 1.82) is 0 Å². The molecule has 3 aromatic carbocycles. The molecule has 7 heteroatoms. The molecule has 0 unspecified atom stereocenters. The van der Waals surface area contributed by atoms with Gasteiger partial charge in [-0.15, -0.1) is 0 Å². The van der Waals surface area contributed by atoms with E-state index in [4.69, 9.17) is 9.84 Å². The maximum absolute atomic E-state index is 13.4. The molecule has 0 spiro atoms. The largest absolute Gasteiger partial charge is 0.379 e. The van der Waals surface area contributed by atoms with Gasteiger partial charge in [0.25, 0.3) is 0 Å². The van der Waals surface area contributed by atoms with Crippen molar-refractivity contribution in [3.05, 3.63) is 83.6 Å². The predicted octanol–water partition coefficient (Wildman–Crippen LogP) is 7.32. The summed E-state index contributed by atoms with van der Waals surface area (Å²) in [6.07, 6.45) is 2.01. The van der Waals surface area contributed by atoms with Crippen molar-refractivity contribution in [2.45, 2.75) is 65.3 Å². The van der Waals surface area contributed by atoms with Gasteiger partial charge in [0.05, 0.1) is 30.3 Å². The summed E-state index contributed by atoms with van der Waals surface area (Å²) in [6, 6.07) is 22.3. The lowest BCUT2D eigenvalue weighted by Gasteiger charge is -2.41. The molecular formula is C34H43N5O2. The molecule has 0 atom stereocenters. The van der Waals surface area contributed by atoms with Gasteiger partial charge in [0, 0.05) is 35.5 Å². The minimum absolute atomic E-state index is 0.0913. The van der Waals surface area contributed by atoms with Gasteiger partial charge in [-0.25, -0.2) is 9.48 Å². The number of aryl methyl sites for hydroxylation is 2. The summed E-state index contributed by atoms with van der Waals surface area (Å²) in [4.78, 5) is 15.9. The molecule has 1 saturated heterocycles. The minimum Gasteiger partial charge on any atom is -0.379 e. The quantitative estimate of drug-likeness (QED) is 0.252. The summed E-state index contributed by atoms with van der Waals surface area (Å²) in [5.41, 5.74) is 4.98. The van der Waals surface area contributed by atoms with Crippen LogP contribution in [-0.4, -0.2) is 52.6 Å². The van der Waals surface area contributed by atoms with Gasteiger partial charge in [-0.05, 0) is 62.8 Å². The molecule has 1 aliphatic heterocycles. The lowest BCUT2D eigenvalue weighted by molar-refractivity contribution is -0.0126. The number of anilines is 2. The second-order valence-electron chi connectivity index (χ2n) is 12.7. The van der Waals surface area contributed by atoms with Gasteiger partial charge in [-0.2, -0.15) is 5.10 Å². The number of carbonyl (C=O) groups is 1. The van der Waals surface area contributed by atoms with Gasteiger partial charge >= 0.3 is 6.03 Å². The molecular weight excluding hydrogens is 510 g/mol.